The SMILES string of the molecule is CC.CCn1ccc2c(F)c(N3CCC(=O)NC3=O)c(F)cc21. The molecule has 0 aliphatic carbocycles. The molecule has 124 valence electrons. The van der Waals surface area contributed by atoms with E-state index in [0.717, 1.165) is 4.90 Å². The third-order valence-electron chi connectivity index (χ3n) is 3.61. The van der Waals surface area contributed by atoms with E-state index in [-0.39, 0.29) is 18.4 Å². The zero-order valence-electron chi connectivity index (χ0n) is 13.3. The summed E-state index contributed by atoms with van der Waals surface area (Å²) in [6, 6.07) is 1.95. The summed E-state index contributed by atoms with van der Waals surface area (Å²) in [5, 5.41) is 2.30. The lowest BCUT2D eigenvalue weighted by atomic mass is 10.1. The summed E-state index contributed by atoms with van der Waals surface area (Å²) in [6.45, 7) is 6.41. The first-order valence-electron chi connectivity index (χ1n) is 7.61. The number of fused-ring (bicyclic) bond motifs is 1. The second-order valence-corrected chi connectivity index (χ2v) is 4.81. The van der Waals surface area contributed by atoms with Gasteiger partial charge in [0.15, 0.2) is 11.6 Å². The van der Waals surface area contributed by atoms with Crippen LogP contribution in [0, 0.1) is 11.6 Å². The van der Waals surface area contributed by atoms with Crippen LogP contribution < -0.4 is 10.2 Å². The summed E-state index contributed by atoms with van der Waals surface area (Å²) in [4.78, 5) is 23.8. The Morgan fingerprint density at radius 2 is 1.96 bits per heavy atom. The molecule has 1 fully saturated rings. The average molecular weight is 323 g/mol. The van der Waals surface area contributed by atoms with Gasteiger partial charge in [-0.1, -0.05) is 13.8 Å². The minimum Gasteiger partial charge on any atom is -0.348 e. The minimum atomic E-state index is -0.821. The van der Waals surface area contributed by atoms with Crippen LogP contribution >= 0.6 is 0 Å². The van der Waals surface area contributed by atoms with Crippen LogP contribution in [0.4, 0.5) is 19.3 Å². The first-order chi connectivity index (χ1) is 11.0. The van der Waals surface area contributed by atoms with Crippen LogP contribution in [0.15, 0.2) is 18.3 Å². The highest BCUT2D eigenvalue weighted by atomic mass is 19.1. The van der Waals surface area contributed by atoms with Gasteiger partial charge in [0.1, 0.15) is 5.69 Å². The molecule has 2 aromatic rings. The zero-order valence-corrected chi connectivity index (χ0v) is 13.3. The second-order valence-electron chi connectivity index (χ2n) is 4.81. The van der Waals surface area contributed by atoms with Crippen LogP contribution in [0.1, 0.15) is 27.2 Å². The summed E-state index contributed by atoms with van der Waals surface area (Å²) in [7, 11) is 0. The Morgan fingerprint density at radius 1 is 1.26 bits per heavy atom. The van der Waals surface area contributed by atoms with Gasteiger partial charge in [-0.25, -0.2) is 13.6 Å². The number of nitrogens with one attached hydrogen (secondary N) is 1. The summed E-state index contributed by atoms with van der Waals surface area (Å²) in [6.07, 6.45) is 1.68. The number of benzene rings is 1. The molecule has 3 amide bonds. The van der Waals surface area contributed by atoms with E-state index in [4.69, 9.17) is 0 Å². The standard InChI is InChI=1S/C14H13F2N3O2.C2H6/c1-2-18-5-3-8-10(18)7-9(15)13(12(8)16)19-6-4-11(20)17-14(19)21;1-2/h3,5,7H,2,4,6H2,1H3,(H,17,20,21);1-2H3. The van der Waals surface area contributed by atoms with E-state index in [1.54, 1.807) is 16.8 Å². The van der Waals surface area contributed by atoms with Crippen molar-refractivity contribution in [3.05, 3.63) is 30.0 Å². The van der Waals surface area contributed by atoms with Gasteiger partial charge < -0.3 is 4.57 Å². The van der Waals surface area contributed by atoms with Crippen LogP contribution in [-0.4, -0.2) is 23.1 Å². The van der Waals surface area contributed by atoms with Gasteiger partial charge in [0, 0.05) is 37.2 Å². The van der Waals surface area contributed by atoms with Gasteiger partial charge in [0.25, 0.3) is 0 Å². The number of aromatic nitrogens is 1. The van der Waals surface area contributed by atoms with Gasteiger partial charge in [-0.2, -0.15) is 0 Å². The van der Waals surface area contributed by atoms with Crippen LogP contribution in [0.2, 0.25) is 0 Å². The fourth-order valence-electron chi connectivity index (χ4n) is 2.55. The predicted molar refractivity (Wildman–Crippen MR) is 84.4 cm³/mol. The van der Waals surface area contributed by atoms with E-state index < -0.39 is 29.3 Å². The largest absolute Gasteiger partial charge is 0.348 e. The number of hydrogen-bond donors (Lipinski definition) is 1. The van der Waals surface area contributed by atoms with Crippen molar-refractivity contribution in [3.8, 4) is 0 Å². The molecule has 5 nitrogen and oxygen atoms in total. The monoisotopic (exact) mass is 323 g/mol. The Labute approximate surface area is 132 Å². The topological polar surface area (TPSA) is 54.3 Å². The first kappa shape index (κ1) is 16.9. The molecule has 1 saturated heterocycles. The smallest absolute Gasteiger partial charge is 0.328 e. The summed E-state index contributed by atoms with van der Waals surface area (Å²) >= 11 is 0. The molecule has 7 heteroatoms. The molecule has 1 N–H and O–H groups in total. The number of nitrogens with zero attached hydrogens (tertiary/aromatic N) is 2. The third-order valence-corrected chi connectivity index (χ3v) is 3.61. The van der Waals surface area contributed by atoms with Crippen molar-refractivity contribution in [3.63, 3.8) is 0 Å². The normalized spacial score (nSPS) is 14.6. The zero-order chi connectivity index (χ0) is 17.1. The molecule has 0 bridgehead atoms. The van der Waals surface area contributed by atoms with Crippen LogP contribution in [0.25, 0.3) is 10.9 Å². The Balaban J connectivity index is 0.000000924. The summed E-state index contributed by atoms with van der Waals surface area (Å²) in [5.41, 5.74) is 0.0195. The van der Waals surface area contributed by atoms with Gasteiger partial charge in [-0.15, -0.1) is 0 Å². The maximum absolute atomic E-state index is 14.6. The van der Waals surface area contributed by atoms with E-state index >= 15 is 0 Å². The lowest BCUT2D eigenvalue weighted by Crippen LogP contribution is -2.50. The Bertz CT molecular complexity index is 755. The van der Waals surface area contributed by atoms with Crippen molar-refractivity contribution in [1.82, 2.24) is 9.88 Å². The van der Waals surface area contributed by atoms with E-state index in [1.807, 2.05) is 20.8 Å². The number of rotatable bonds is 2. The molecule has 1 aromatic carbocycles. The summed E-state index contributed by atoms with van der Waals surface area (Å²) < 4.78 is 30.6. The maximum Gasteiger partial charge on any atom is 0.328 e. The van der Waals surface area contributed by atoms with Gasteiger partial charge >= 0.3 is 6.03 Å². The van der Waals surface area contributed by atoms with E-state index in [1.165, 1.54) is 6.07 Å². The van der Waals surface area contributed by atoms with Crippen LogP contribution in [0.3, 0.4) is 0 Å². The Hall–Kier alpha value is -2.44. The number of hydrogen-bond acceptors (Lipinski definition) is 2. The molecule has 2 heterocycles. The molecule has 0 atom stereocenters. The minimum absolute atomic E-state index is 0.0125. The fraction of sp³-hybridized carbons (Fsp3) is 0.375. The van der Waals surface area contributed by atoms with Crippen LogP contribution in [0.5, 0.6) is 0 Å². The third kappa shape index (κ3) is 2.91. The number of carbonyl (C=O) groups excluding carboxylic acids is 2. The molecular formula is C16H19F2N3O2. The molecule has 0 unspecified atom stereocenters. The second kappa shape index (κ2) is 6.76. The number of carbonyl (C=O) groups is 2. The van der Waals surface area contributed by atoms with Gasteiger partial charge in [-0.05, 0) is 13.0 Å². The van der Waals surface area contributed by atoms with Gasteiger partial charge in [-0.3, -0.25) is 15.0 Å². The Kier molecular flexibility index (Phi) is 4.98. The molecule has 1 aliphatic heterocycles. The first-order valence-corrected chi connectivity index (χ1v) is 7.61. The van der Waals surface area contributed by atoms with Crippen molar-refractivity contribution in [2.45, 2.75) is 33.7 Å². The van der Waals surface area contributed by atoms with E-state index in [0.29, 0.717) is 12.1 Å². The molecule has 0 radical (unpaired) electrons. The fourth-order valence-corrected chi connectivity index (χ4v) is 2.55. The number of imide groups is 1. The lowest BCUT2D eigenvalue weighted by Gasteiger charge is -2.27. The number of aryl methyl sites for hydroxylation is 1. The lowest BCUT2D eigenvalue weighted by molar-refractivity contribution is -0.120. The summed E-state index contributed by atoms with van der Waals surface area (Å²) in [5.74, 6) is -2.06. The number of halogens is 2. The van der Waals surface area contributed by atoms with E-state index in [9.17, 15) is 18.4 Å². The molecular weight excluding hydrogens is 304 g/mol. The molecule has 0 saturated carbocycles. The molecule has 1 aromatic heterocycles. The van der Waals surface area contributed by atoms with Crippen molar-refractivity contribution in [2.75, 3.05) is 11.4 Å². The average Bonchev–Trinajstić information content (AvgIpc) is 2.94. The maximum atomic E-state index is 14.6. The molecule has 0 spiro atoms. The quantitative estimate of drug-likeness (QED) is 0.921. The van der Waals surface area contributed by atoms with E-state index in [2.05, 4.69) is 5.32 Å². The van der Waals surface area contributed by atoms with Gasteiger partial charge in [0.05, 0.1) is 5.52 Å². The van der Waals surface area contributed by atoms with Gasteiger partial charge in [0.2, 0.25) is 5.91 Å². The van der Waals surface area contributed by atoms with Crippen molar-refractivity contribution in [2.24, 2.45) is 0 Å². The highest BCUT2D eigenvalue weighted by molar-refractivity contribution is 6.06. The van der Waals surface area contributed by atoms with Crippen molar-refractivity contribution in [1.29, 1.82) is 0 Å². The van der Waals surface area contributed by atoms with Crippen molar-refractivity contribution < 1.29 is 18.4 Å². The number of amides is 3. The number of anilines is 1. The number of urea groups is 1. The molecule has 1 aliphatic rings. The highest BCUT2D eigenvalue weighted by Gasteiger charge is 2.30. The Morgan fingerprint density at radius 3 is 2.57 bits per heavy atom. The predicted octanol–water partition coefficient (Wildman–Crippen LogP) is 3.41. The highest BCUT2D eigenvalue weighted by Crippen LogP contribution is 2.32. The van der Waals surface area contributed by atoms with Crippen molar-refractivity contribution >= 4 is 28.5 Å². The molecule has 3 rings (SSSR count). The van der Waals surface area contributed by atoms with Crippen LogP contribution in [-0.2, 0) is 11.3 Å². The molecule has 23 heavy (non-hydrogen) atoms.